The van der Waals surface area contributed by atoms with E-state index in [1.807, 2.05) is 0 Å². The lowest BCUT2D eigenvalue weighted by atomic mass is 10.2. The number of methoxy groups -OCH3 is 1. The molecule has 0 saturated heterocycles. The molecule has 2 aromatic rings. The summed E-state index contributed by atoms with van der Waals surface area (Å²) in [5, 5.41) is 0.610. The number of ether oxygens (including phenoxy) is 2. The molecule has 0 atom stereocenters. The highest BCUT2D eigenvalue weighted by molar-refractivity contribution is 6.30. The van der Waals surface area contributed by atoms with Gasteiger partial charge in [0.25, 0.3) is 0 Å². The molecule has 0 aliphatic heterocycles. The average Bonchev–Trinajstić information content (AvgIpc) is 2.39. The first-order chi connectivity index (χ1) is 8.69. The first-order valence-electron chi connectivity index (χ1n) is 5.31. The van der Waals surface area contributed by atoms with Crippen LogP contribution in [-0.2, 0) is 4.74 Å². The van der Waals surface area contributed by atoms with Crippen molar-refractivity contribution in [3.8, 4) is 11.5 Å². The summed E-state index contributed by atoms with van der Waals surface area (Å²) in [7, 11) is 1.35. The molecule has 0 bridgehead atoms. The monoisotopic (exact) mass is 262 g/mol. The van der Waals surface area contributed by atoms with E-state index in [0.717, 1.165) is 0 Å². The molecule has 2 rings (SSSR count). The molecule has 0 radical (unpaired) electrons. The summed E-state index contributed by atoms with van der Waals surface area (Å²) in [6, 6.07) is 13.8. The Labute approximate surface area is 110 Å². The molecule has 92 valence electrons. The van der Waals surface area contributed by atoms with Crippen molar-refractivity contribution in [2.45, 2.75) is 0 Å². The fraction of sp³-hybridized carbons (Fsp3) is 0.0714. The van der Waals surface area contributed by atoms with E-state index in [4.69, 9.17) is 16.3 Å². The Morgan fingerprint density at radius 2 is 1.78 bits per heavy atom. The van der Waals surface area contributed by atoms with Crippen LogP contribution in [0, 0.1) is 0 Å². The molecule has 0 amide bonds. The average molecular weight is 263 g/mol. The van der Waals surface area contributed by atoms with Crippen molar-refractivity contribution in [2.75, 3.05) is 7.11 Å². The zero-order valence-electron chi connectivity index (χ0n) is 9.72. The van der Waals surface area contributed by atoms with Crippen molar-refractivity contribution in [1.29, 1.82) is 0 Å². The molecule has 2 aromatic carbocycles. The SMILES string of the molecule is COC(=O)c1ccc(Oc2cccc(Cl)c2)cc1. The Hall–Kier alpha value is -2.00. The van der Waals surface area contributed by atoms with E-state index in [1.54, 1.807) is 48.5 Å². The quantitative estimate of drug-likeness (QED) is 0.787. The largest absolute Gasteiger partial charge is 0.465 e. The molecule has 0 aliphatic carbocycles. The third-order valence-corrected chi connectivity index (χ3v) is 2.54. The molecule has 0 aromatic heterocycles. The summed E-state index contributed by atoms with van der Waals surface area (Å²) in [6.07, 6.45) is 0. The maximum Gasteiger partial charge on any atom is 0.337 e. The number of carbonyl (C=O) groups excluding carboxylic acids is 1. The Kier molecular flexibility index (Phi) is 3.85. The second-order valence-electron chi connectivity index (χ2n) is 3.58. The lowest BCUT2D eigenvalue weighted by Crippen LogP contribution is -2.00. The summed E-state index contributed by atoms with van der Waals surface area (Å²) in [5.41, 5.74) is 0.482. The first-order valence-corrected chi connectivity index (χ1v) is 5.68. The number of carbonyl (C=O) groups is 1. The maximum absolute atomic E-state index is 11.2. The fourth-order valence-electron chi connectivity index (χ4n) is 1.44. The van der Waals surface area contributed by atoms with Gasteiger partial charge in [0.15, 0.2) is 0 Å². The second kappa shape index (κ2) is 5.56. The summed E-state index contributed by atoms with van der Waals surface area (Å²) >= 11 is 5.86. The van der Waals surface area contributed by atoms with Gasteiger partial charge in [0, 0.05) is 5.02 Å². The standard InChI is InChI=1S/C14H11ClO3/c1-17-14(16)10-5-7-12(8-6-10)18-13-4-2-3-11(15)9-13/h2-9H,1H3. The molecule has 3 nitrogen and oxygen atoms in total. The minimum atomic E-state index is -0.371. The van der Waals surface area contributed by atoms with E-state index < -0.39 is 0 Å². The number of hydrogen-bond donors (Lipinski definition) is 0. The van der Waals surface area contributed by atoms with Crippen LogP contribution in [0.4, 0.5) is 0 Å². The molecule has 0 N–H and O–H groups in total. The van der Waals surface area contributed by atoms with Crippen LogP contribution < -0.4 is 4.74 Å². The predicted molar refractivity (Wildman–Crippen MR) is 69.3 cm³/mol. The zero-order valence-corrected chi connectivity index (χ0v) is 10.5. The van der Waals surface area contributed by atoms with Gasteiger partial charge in [-0.1, -0.05) is 17.7 Å². The minimum absolute atomic E-state index is 0.371. The van der Waals surface area contributed by atoms with Gasteiger partial charge in [0.1, 0.15) is 11.5 Å². The van der Waals surface area contributed by atoms with E-state index in [0.29, 0.717) is 22.1 Å². The highest BCUT2D eigenvalue weighted by atomic mass is 35.5. The Morgan fingerprint density at radius 1 is 1.06 bits per heavy atom. The highest BCUT2D eigenvalue weighted by Crippen LogP contribution is 2.24. The van der Waals surface area contributed by atoms with Crippen molar-refractivity contribution >= 4 is 17.6 Å². The molecule has 0 saturated carbocycles. The molecule has 18 heavy (non-hydrogen) atoms. The summed E-state index contributed by atoms with van der Waals surface area (Å²) < 4.78 is 10.2. The van der Waals surface area contributed by atoms with Crippen molar-refractivity contribution in [3.05, 3.63) is 59.1 Å². The zero-order chi connectivity index (χ0) is 13.0. The van der Waals surface area contributed by atoms with Crippen LogP contribution in [0.1, 0.15) is 10.4 Å². The molecule has 4 heteroatoms. The normalized spacial score (nSPS) is 9.89. The number of halogens is 1. The van der Waals surface area contributed by atoms with Gasteiger partial charge in [0.2, 0.25) is 0 Å². The first kappa shape index (κ1) is 12.5. The van der Waals surface area contributed by atoms with E-state index in [-0.39, 0.29) is 5.97 Å². The summed E-state index contributed by atoms with van der Waals surface area (Å²) in [5.74, 6) is 0.905. The number of esters is 1. The summed E-state index contributed by atoms with van der Waals surface area (Å²) in [4.78, 5) is 11.2. The van der Waals surface area contributed by atoms with Crippen LogP contribution in [0.25, 0.3) is 0 Å². The third kappa shape index (κ3) is 3.02. The van der Waals surface area contributed by atoms with Crippen molar-refractivity contribution in [1.82, 2.24) is 0 Å². The fourth-order valence-corrected chi connectivity index (χ4v) is 1.62. The van der Waals surface area contributed by atoms with Gasteiger partial charge < -0.3 is 9.47 Å². The second-order valence-corrected chi connectivity index (χ2v) is 4.01. The molecule has 0 spiro atoms. The van der Waals surface area contributed by atoms with Gasteiger partial charge >= 0.3 is 5.97 Å². The number of hydrogen-bond acceptors (Lipinski definition) is 3. The minimum Gasteiger partial charge on any atom is -0.465 e. The van der Waals surface area contributed by atoms with Gasteiger partial charge in [-0.05, 0) is 42.5 Å². The Balaban J connectivity index is 2.13. The lowest BCUT2D eigenvalue weighted by Gasteiger charge is -2.06. The molecule has 0 heterocycles. The molecule has 0 unspecified atom stereocenters. The number of benzene rings is 2. The topological polar surface area (TPSA) is 35.5 Å². The van der Waals surface area contributed by atoms with Crippen LogP contribution in [0.3, 0.4) is 0 Å². The third-order valence-electron chi connectivity index (χ3n) is 2.31. The highest BCUT2D eigenvalue weighted by Gasteiger charge is 2.05. The van der Waals surface area contributed by atoms with E-state index in [2.05, 4.69) is 4.74 Å². The van der Waals surface area contributed by atoms with Crippen molar-refractivity contribution in [3.63, 3.8) is 0 Å². The molecule has 0 aliphatic rings. The molecular formula is C14H11ClO3. The van der Waals surface area contributed by atoms with Gasteiger partial charge in [-0.25, -0.2) is 4.79 Å². The smallest absolute Gasteiger partial charge is 0.337 e. The van der Waals surface area contributed by atoms with Gasteiger partial charge in [-0.2, -0.15) is 0 Å². The van der Waals surface area contributed by atoms with Crippen LogP contribution in [0.2, 0.25) is 5.02 Å². The van der Waals surface area contributed by atoms with Crippen molar-refractivity contribution in [2.24, 2.45) is 0 Å². The van der Waals surface area contributed by atoms with Crippen LogP contribution in [0.15, 0.2) is 48.5 Å². The Bertz CT molecular complexity index is 549. The van der Waals surface area contributed by atoms with E-state index in [9.17, 15) is 4.79 Å². The van der Waals surface area contributed by atoms with Crippen LogP contribution in [0.5, 0.6) is 11.5 Å². The number of rotatable bonds is 3. The van der Waals surface area contributed by atoms with Gasteiger partial charge in [-0.15, -0.1) is 0 Å². The maximum atomic E-state index is 11.2. The predicted octanol–water partition coefficient (Wildman–Crippen LogP) is 3.92. The lowest BCUT2D eigenvalue weighted by molar-refractivity contribution is 0.0600. The van der Waals surface area contributed by atoms with Crippen LogP contribution >= 0.6 is 11.6 Å². The van der Waals surface area contributed by atoms with Gasteiger partial charge in [0.05, 0.1) is 12.7 Å². The van der Waals surface area contributed by atoms with Crippen molar-refractivity contribution < 1.29 is 14.3 Å². The molecule has 0 fully saturated rings. The van der Waals surface area contributed by atoms with Gasteiger partial charge in [-0.3, -0.25) is 0 Å². The molecular weight excluding hydrogens is 252 g/mol. The Morgan fingerprint density at radius 3 is 2.39 bits per heavy atom. The van der Waals surface area contributed by atoms with E-state index >= 15 is 0 Å². The van der Waals surface area contributed by atoms with Crippen LogP contribution in [-0.4, -0.2) is 13.1 Å². The summed E-state index contributed by atoms with van der Waals surface area (Å²) in [6.45, 7) is 0. The van der Waals surface area contributed by atoms with E-state index in [1.165, 1.54) is 7.11 Å².